The van der Waals surface area contributed by atoms with Crippen LogP contribution in [-0.4, -0.2) is 41.0 Å². The highest BCUT2D eigenvalue weighted by Gasteiger charge is 2.44. The van der Waals surface area contributed by atoms with E-state index in [1.54, 1.807) is 4.90 Å². The van der Waals surface area contributed by atoms with Crippen molar-refractivity contribution >= 4 is 11.9 Å². The lowest BCUT2D eigenvalue weighted by Gasteiger charge is -2.42. The summed E-state index contributed by atoms with van der Waals surface area (Å²) in [5.41, 5.74) is 5.38. The molecule has 0 radical (unpaired) electrons. The normalized spacial score (nSPS) is 27.0. The van der Waals surface area contributed by atoms with Crippen LogP contribution in [0.2, 0.25) is 0 Å². The van der Waals surface area contributed by atoms with Gasteiger partial charge in [0.2, 0.25) is 5.91 Å². The van der Waals surface area contributed by atoms with Crippen LogP contribution in [0, 0.1) is 5.41 Å². The number of aliphatic carboxylic acids is 1. The van der Waals surface area contributed by atoms with Crippen LogP contribution in [0.4, 0.5) is 0 Å². The summed E-state index contributed by atoms with van der Waals surface area (Å²) in [4.78, 5) is 25.7. The van der Waals surface area contributed by atoms with E-state index in [4.69, 9.17) is 5.73 Å². The Morgan fingerprint density at radius 2 is 1.84 bits per heavy atom. The summed E-state index contributed by atoms with van der Waals surface area (Å²) in [6, 6.07) is -0.647. The molecule has 0 bridgehead atoms. The average molecular weight is 268 g/mol. The molecule has 1 saturated heterocycles. The van der Waals surface area contributed by atoms with Crippen molar-refractivity contribution in [2.45, 2.75) is 57.4 Å². The number of hydrogen-bond donors (Lipinski definition) is 2. The second-order valence-electron chi connectivity index (χ2n) is 5.89. The standard InChI is InChI=1S/C14H24N2O3/c15-10-14(7-3-1-4-8-14)13(19)16-9-5-2-6-11(16)12(17)18/h11H,1-10,15H2,(H,17,18)/t11-/m1/s1. The maximum Gasteiger partial charge on any atom is 0.326 e. The lowest BCUT2D eigenvalue weighted by atomic mass is 9.72. The molecule has 108 valence electrons. The second-order valence-corrected chi connectivity index (χ2v) is 5.89. The first kappa shape index (κ1) is 14.3. The number of likely N-dealkylation sites (tertiary alicyclic amines) is 1. The minimum Gasteiger partial charge on any atom is -0.480 e. The molecule has 5 heteroatoms. The summed E-state index contributed by atoms with van der Waals surface area (Å²) in [5, 5.41) is 9.29. The van der Waals surface area contributed by atoms with Gasteiger partial charge in [-0.05, 0) is 32.1 Å². The zero-order chi connectivity index (χ0) is 13.9. The molecule has 3 N–H and O–H groups in total. The molecule has 2 rings (SSSR count). The summed E-state index contributed by atoms with van der Waals surface area (Å²) in [6.45, 7) is 0.909. The number of piperidine rings is 1. The molecule has 0 aromatic carbocycles. The highest BCUT2D eigenvalue weighted by Crippen LogP contribution is 2.38. The van der Waals surface area contributed by atoms with Crippen molar-refractivity contribution in [3.63, 3.8) is 0 Å². The molecule has 0 unspecified atom stereocenters. The molecule has 2 fully saturated rings. The van der Waals surface area contributed by atoms with Crippen LogP contribution in [0.25, 0.3) is 0 Å². The van der Waals surface area contributed by atoms with Gasteiger partial charge in [0.05, 0.1) is 5.41 Å². The number of carboxylic acid groups (broad SMARTS) is 1. The minimum atomic E-state index is -0.879. The van der Waals surface area contributed by atoms with Gasteiger partial charge in [-0.15, -0.1) is 0 Å². The largest absolute Gasteiger partial charge is 0.480 e. The van der Waals surface area contributed by atoms with Crippen LogP contribution in [0.1, 0.15) is 51.4 Å². The van der Waals surface area contributed by atoms with E-state index in [2.05, 4.69) is 0 Å². The van der Waals surface area contributed by atoms with E-state index in [1.807, 2.05) is 0 Å². The maximum absolute atomic E-state index is 12.8. The van der Waals surface area contributed by atoms with Gasteiger partial charge in [0, 0.05) is 13.1 Å². The van der Waals surface area contributed by atoms with Crippen molar-refractivity contribution in [1.82, 2.24) is 4.90 Å². The third-order valence-electron chi connectivity index (χ3n) is 4.70. The molecule has 1 aliphatic carbocycles. The van der Waals surface area contributed by atoms with Crippen LogP contribution >= 0.6 is 0 Å². The lowest BCUT2D eigenvalue weighted by Crippen LogP contribution is -2.56. The summed E-state index contributed by atoms with van der Waals surface area (Å²) in [5.74, 6) is -0.891. The highest BCUT2D eigenvalue weighted by molar-refractivity contribution is 5.88. The van der Waals surface area contributed by atoms with Gasteiger partial charge in [0.25, 0.3) is 0 Å². The topological polar surface area (TPSA) is 83.6 Å². The molecular formula is C14H24N2O3. The fourth-order valence-electron chi connectivity index (χ4n) is 3.47. The maximum atomic E-state index is 12.8. The van der Waals surface area contributed by atoms with Gasteiger partial charge in [-0.3, -0.25) is 4.79 Å². The molecule has 0 spiro atoms. The molecule has 1 amide bonds. The van der Waals surface area contributed by atoms with E-state index in [0.717, 1.165) is 44.9 Å². The number of carbonyl (C=O) groups excluding carboxylic acids is 1. The van der Waals surface area contributed by atoms with Crippen molar-refractivity contribution in [3.05, 3.63) is 0 Å². The SMILES string of the molecule is NCC1(C(=O)N2CCCC[C@@H]2C(=O)O)CCCCC1. The number of rotatable bonds is 3. The van der Waals surface area contributed by atoms with Crippen molar-refractivity contribution in [3.8, 4) is 0 Å². The lowest BCUT2D eigenvalue weighted by molar-refractivity contribution is -0.158. The highest BCUT2D eigenvalue weighted by atomic mass is 16.4. The monoisotopic (exact) mass is 268 g/mol. The zero-order valence-corrected chi connectivity index (χ0v) is 11.4. The van der Waals surface area contributed by atoms with Crippen molar-refractivity contribution in [1.29, 1.82) is 0 Å². The molecule has 1 heterocycles. The third-order valence-corrected chi connectivity index (χ3v) is 4.70. The number of carboxylic acids is 1. The van der Waals surface area contributed by atoms with Crippen molar-refractivity contribution < 1.29 is 14.7 Å². The van der Waals surface area contributed by atoms with Crippen molar-refractivity contribution in [2.24, 2.45) is 11.1 Å². The Morgan fingerprint density at radius 3 is 2.42 bits per heavy atom. The molecule has 5 nitrogen and oxygen atoms in total. The van der Waals surface area contributed by atoms with E-state index in [9.17, 15) is 14.7 Å². The van der Waals surface area contributed by atoms with Gasteiger partial charge >= 0.3 is 5.97 Å². The minimum absolute atomic E-state index is 0.0122. The summed E-state index contributed by atoms with van der Waals surface area (Å²) >= 11 is 0. The quantitative estimate of drug-likeness (QED) is 0.809. The Morgan fingerprint density at radius 1 is 1.16 bits per heavy atom. The number of carbonyl (C=O) groups is 2. The first-order chi connectivity index (χ1) is 9.10. The van der Waals surface area contributed by atoms with Gasteiger partial charge in [-0.25, -0.2) is 4.79 Å². The fraction of sp³-hybridized carbons (Fsp3) is 0.857. The predicted molar refractivity (Wildman–Crippen MR) is 71.6 cm³/mol. The molecule has 0 aromatic rings. The van der Waals surface area contributed by atoms with Crippen molar-refractivity contribution in [2.75, 3.05) is 13.1 Å². The molecule has 1 saturated carbocycles. The van der Waals surface area contributed by atoms with E-state index in [1.165, 1.54) is 0 Å². The third kappa shape index (κ3) is 2.76. The number of nitrogens with zero attached hydrogens (tertiary/aromatic N) is 1. The van der Waals surface area contributed by atoms with Gasteiger partial charge < -0.3 is 15.7 Å². The Hall–Kier alpha value is -1.10. The van der Waals surface area contributed by atoms with E-state index in [-0.39, 0.29) is 5.91 Å². The van der Waals surface area contributed by atoms with Gasteiger partial charge in [-0.1, -0.05) is 19.3 Å². The van der Waals surface area contributed by atoms with Crippen LogP contribution in [0.5, 0.6) is 0 Å². The Balaban J connectivity index is 2.17. The smallest absolute Gasteiger partial charge is 0.326 e. The van der Waals surface area contributed by atoms with E-state index in [0.29, 0.717) is 19.5 Å². The first-order valence-corrected chi connectivity index (χ1v) is 7.35. The van der Waals surface area contributed by atoms with Crippen LogP contribution in [-0.2, 0) is 9.59 Å². The van der Waals surface area contributed by atoms with E-state index >= 15 is 0 Å². The average Bonchev–Trinajstić information content (AvgIpc) is 2.47. The Labute approximate surface area is 114 Å². The fourth-order valence-corrected chi connectivity index (χ4v) is 3.47. The molecule has 1 aliphatic heterocycles. The Bertz CT molecular complexity index is 351. The first-order valence-electron chi connectivity index (χ1n) is 7.35. The number of nitrogens with two attached hydrogens (primary N) is 1. The molecule has 0 aromatic heterocycles. The van der Waals surface area contributed by atoms with Gasteiger partial charge in [0.1, 0.15) is 6.04 Å². The molecule has 2 aliphatic rings. The van der Waals surface area contributed by atoms with Crippen LogP contribution < -0.4 is 5.73 Å². The summed E-state index contributed by atoms with van der Waals surface area (Å²) in [7, 11) is 0. The van der Waals surface area contributed by atoms with E-state index < -0.39 is 17.4 Å². The molecule has 1 atom stereocenters. The summed E-state index contributed by atoms with van der Waals surface area (Å²) < 4.78 is 0. The predicted octanol–water partition coefficient (Wildman–Crippen LogP) is 1.36. The van der Waals surface area contributed by atoms with Gasteiger partial charge in [0.15, 0.2) is 0 Å². The Kier molecular flexibility index (Phi) is 4.45. The second kappa shape index (κ2) is 5.90. The summed E-state index contributed by atoms with van der Waals surface area (Å²) in [6.07, 6.45) is 7.17. The number of hydrogen-bond acceptors (Lipinski definition) is 3. The molecular weight excluding hydrogens is 244 g/mol. The van der Waals surface area contributed by atoms with Crippen LogP contribution in [0.3, 0.4) is 0 Å². The zero-order valence-electron chi connectivity index (χ0n) is 11.4. The number of amides is 1. The molecule has 19 heavy (non-hydrogen) atoms. The van der Waals surface area contributed by atoms with Crippen LogP contribution in [0.15, 0.2) is 0 Å². The van der Waals surface area contributed by atoms with Gasteiger partial charge in [-0.2, -0.15) is 0 Å².